The molecule has 0 unspecified atom stereocenters. The van der Waals surface area contributed by atoms with Gasteiger partial charge in [-0.25, -0.2) is 0 Å². The van der Waals surface area contributed by atoms with Gasteiger partial charge in [0.2, 0.25) is 0 Å². The predicted molar refractivity (Wildman–Crippen MR) is 52.2 cm³/mol. The second-order valence-corrected chi connectivity index (χ2v) is 3.95. The average Bonchev–Trinajstić information content (AvgIpc) is 2.15. The van der Waals surface area contributed by atoms with Crippen LogP contribution >= 0.6 is 0 Å². The van der Waals surface area contributed by atoms with Gasteiger partial charge in [0.25, 0.3) is 0 Å². The Kier molecular flexibility index (Phi) is 4.67. The maximum atomic E-state index is 5.44. The highest BCUT2D eigenvalue weighted by atomic mass is 16.5. The van der Waals surface area contributed by atoms with Gasteiger partial charge in [0.1, 0.15) is 0 Å². The molecule has 0 aromatic carbocycles. The van der Waals surface area contributed by atoms with Crippen molar-refractivity contribution in [3.8, 4) is 0 Å². The van der Waals surface area contributed by atoms with E-state index in [-0.39, 0.29) is 0 Å². The Morgan fingerprint density at radius 1 is 1.00 bits per heavy atom. The van der Waals surface area contributed by atoms with Gasteiger partial charge in [0.15, 0.2) is 0 Å². The van der Waals surface area contributed by atoms with Gasteiger partial charge in [-0.1, -0.05) is 26.2 Å². The molecular weight excluding hydrogens is 148 g/mol. The molecule has 0 heterocycles. The van der Waals surface area contributed by atoms with E-state index in [2.05, 4.69) is 13.8 Å². The zero-order chi connectivity index (χ0) is 8.81. The standard InChI is InChI=1S/C11H22O/c1-3-10-5-7-11(8-6-10)9-12-4-2/h10-11H,3-9H2,1-2H3/t10-,11-. The molecule has 1 aliphatic carbocycles. The van der Waals surface area contributed by atoms with E-state index in [0.717, 1.165) is 25.0 Å². The van der Waals surface area contributed by atoms with Gasteiger partial charge >= 0.3 is 0 Å². The van der Waals surface area contributed by atoms with E-state index in [0.29, 0.717) is 0 Å². The molecule has 0 spiro atoms. The highest BCUT2D eigenvalue weighted by Crippen LogP contribution is 2.30. The van der Waals surface area contributed by atoms with Crippen LogP contribution in [0.2, 0.25) is 0 Å². The highest BCUT2D eigenvalue weighted by molar-refractivity contribution is 4.71. The van der Waals surface area contributed by atoms with Gasteiger partial charge in [-0.3, -0.25) is 0 Å². The summed E-state index contributed by atoms with van der Waals surface area (Å²) in [5.41, 5.74) is 0. The Balaban J connectivity index is 2.09. The summed E-state index contributed by atoms with van der Waals surface area (Å²) < 4.78 is 5.44. The van der Waals surface area contributed by atoms with Crippen molar-refractivity contribution in [3.63, 3.8) is 0 Å². The summed E-state index contributed by atoms with van der Waals surface area (Å²) in [6.07, 6.45) is 7.06. The molecule has 1 rings (SSSR count). The number of rotatable bonds is 4. The zero-order valence-corrected chi connectivity index (χ0v) is 8.51. The third kappa shape index (κ3) is 3.14. The molecule has 1 saturated carbocycles. The molecule has 0 bridgehead atoms. The summed E-state index contributed by atoms with van der Waals surface area (Å²) in [6.45, 7) is 6.28. The van der Waals surface area contributed by atoms with Crippen molar-refractivity contribution >= 4 is 0 Å². The minimum absolute atomic E-state index is 0.868. The second kappa shape index (κ2) is 5.58. The lowest BCUT2D eigenvalue weighted by atomic mass is 9.81. The molecule has 0 saturated heterocycles. The van der Waals surface area contributed by atoms with Gasteiger partial charge < -0.3 is 4.74 Å². The van der Waals surface area contributed by atoms with Crippen molar-refractivity contribution in [3.05, 3.63) is 0 Å². The third-order valence-corrected chi connectivity index (χ3v) is 3.10. The molecule has 0 N–H and O–H groups in total. The summed E-state index contributed by atoms with van der Waals surface area (Å²) >= 11 is 0. The normalized spacial score (nSPS) is 30.5. The number of hydrogen-bond acceptors (Lipinski definition) is 1. The van der Waals surface area contributed by atoms with Crippen LogP contribution in [-0.4, -0.2) is 13.2 Å². The van der Waals surface area contributed by atoms with Crippen molar-refractivity contribution in [1.29, 1.82) is 0 Å². The SMILES string of the molecule is CCOC[C@H]1CC[C@H](CC)CC1. The lowest BCUT2D eigenvalue weighted by Gasteiger charge is -2.27. The van der Waals surface area contributed by atoms with E-state index in [4.69, 9.17) is 4.74 Å². The average molecular weight is 170 g/mol. The van der Waals surface area contributed by atoms with Crippen molar-refractivity contribution in [1.82, 2.24) is 0 Å². The van der Waals surface area contributed by atoms with Gasteiger partial charge in [-0.2, -0.15) is 0 Å². The molecule has 72 valence electrons. The molecule has 1 aliphatic rings. The molecule has 0 atom stereocenters. The Labute approximate surface area is 76.5 Å². The maximum Gasteiger partial charge on any atom is 0.0494 e. The van der Waals surface area contributed by atoms with E-state index in [1.807, 2.05) is 0 Å². The molecule has 1 heteroatoms. The molecule has 0 aromatic heterocycles. The van der Waals surface area contributed by atoms with Crippen LogP contribution in [0.25, 0.3) is 0 Å². The first-order valence-corrected chi connectivity index (χ1v) is 5.44. The monoisotopic (exact) mass is 170 g/mol. The van der Waals surface area contributed by atoms with Crippen LogP contribution in [0, 0.1) is 11.8 Å². The van der Waals surface area contributed by atoms with Crippen molar-refractivity contribution < 1.29 is 4.74 Å². The maximum absolute atomic E-state index is 5.44. The van der Waals surface area contributed by atoms with Gasteiger partial charge in [0.05, 0.1) is 0 Å². The summed E-state index contributed by atoms with van der Waals surface area (Å²) in [5, 5.41) is 0. The molecular formula is C11H22O. The Hall–Kier alpha value is -0.0400. The van der Waals surface area contributed by atoms with Crippen molar-refractivity contribution in [2.75, 3.05) is 13.2 Å². The van der Waals surface area contributed by atoms with E-state index in [1.165, 1.54) is 32.1 Å². The van der Waals surface area contributed by atoms with Crippen LogP contribution in [0.4, 0.5) is 0 Å². The van der Waals surface area contributed by atoms with Crippen LogP contribution in [0.3, 0.4) is 0 Å². The predicted octanol–water partition coefficient (Wildman–Crippen LogP) is 3.24. The van der Waals surface area contributed by atoms with Gasteiger partial charge in [-0.15, -0.1) is 0 Å². The Morgan fingerprint density at radius 2 is 1.58 bits per heavy atom. The fourth-order valence-corrected chi connectivity index (χ4v) is 2.09. The summed E-state index contributed by atoms with van der Waals surface area (Å²) in [4.78, 5) is 0. The molecule has 0 aromatic rings. The zero-order valence-electron chi connectivity index (χ0n) is 8.51. The lowest BCUT2D eigenvalue weighted by molar-refractivity contribution is 0.0861. The molecule has 0 aliphatic heterocycles. The van der Waals surface area contributed by atoms with Gasteiger partial charge in [0, 0.05) is 13.2 Å². The number of ether oxygens (including phenoxy) is 1. The quantitative estimate of drug-likeness (QED) is 0.629. The van der Waals surface area contributed by atoms with Crippen LogP contribution in [0.15, 0.2) is 0 Å². The van der Waals surface area contributed by atoms with Crippen LogP contribution in [-0.2, 0) is 4.74 Å². The first kappa shape index (κ1) is 10.0. The summed E-state index contributed by atoms with van der Waals surface area (Å²) in [5.74, 6) is 1.88. The topological polar surface area (TPSA) is 9.23 Å². The van der Waals surface area contributed by atoms with Crippen molar-refractivity contribution in [2.45, 2.75) is 46.0 Å². The van der Waals surface area contributed by atoms with Crippen LogP contribution in [0.1, 0.15) is 46.0 Å². The van der Waals surface area contributed by atoms with Crippen LogP contribution in [0.5, 0.6) is 0 Å². The largest absolute Gasteiger partial charge is 0.381 e. The number of hydrogen-bond donors (Lipinski definition) is 0. The van der Waals surface area contributed by atoms with E-state index >= 15 is 0 Å². The Bertz CT molecular complexity index is 104. The van der Waals surface area contributed by atoms with Crippen molar-refractivity contribution in [2.24, 2.45) is 11.8 Å². The molecule has 12 heavy (non-hydrogen) atoms. The summed E-state index contributed by atoms with van der Waals surface area (Å²) in [6, 6.07) is 0. The Morgan fingerprint density at radius 3 is 2.08 bits per heavy atom. The minimum Gasteiger partial charge on any atom is -0.381 e. The first-order valence-electron chi connectivity index (χ1n) is 5.44. The molecule has 0 amide bonds. The lowest BCUT2D eigenvalue weighted by Crippen LogP contribution is -2.18. The molecule has 0 radical (unpaired) electrons. The van der Waals surface area contributed by atoms with E-state index in [9.17, 15) is 0 Å². The van der Waals surface area contributed by atoms with E-state index in [1.54, 1.807) is 0 Å². The molecule has 1 fully saturated rings. The van der Waals surface area contributed by atoms with Crippen LogP contribution < -0.4 is 0 Å². The second-order valence-electron chi connectivity index (χ2n) is 3.95. The third-order valence-electron chi connectivity index (χ3n) is 3.10. The molecule has 1 nitrogen and oxygen atoms in total. The highest BCUT2D eigenvalue weighted by Gasteiger charge is 2.19. The van der Waals surface area contributed by atoms with Gasteiger partial charge in [-0.05, 0) is 31.6 Å². The minimum atomic E-state index is 0.868. The first-order chi connectivity index (χ1) is 5.86. The smallest absolute Gasteiger partial charge is 0.0494 e. The summed E-state index contributed by atoms with van der Waals surface area (Å²) in [7, 11) is 0. The fraction of sp³-hybridized carbons (Fsp3) is 1.00. The van der Waals surface area contributed by atoms with E-state index < -0.39 is 0 Å². The fourth-order valence-electron chi connectivity index (χ4n) is 2.09.